The summed E-state index contributed by atoms with van der Waals surface area (Å²) in [7, 11) is 1.85. The van der Waals surface area contributed by atoms with E-state index in [9.17, 15) is 4.79 Å². The SMILES string of the molecule is C/C=C\C=C/C(C)NCC(=O)N(C)c1ccc(OCCCN2CCCCC2)cc1CC. The van der Waals surface area contributed by atoms with Crippen LogP contribution in [0.15, 0.2) is 42.5 Å². The Balaban J connectivity index is 1.84. The van der Waals surface area contributed by atoms with Gasteiger partial charge in [-0.25, -0.2) is 0 Å². The molecule has 1 atom stereocenters. The van der Waals surface area contributed by atoms with Crippen LogP contribution in [-0.4, -0.2) is 56.7 Å². The van der Waals surface area contributed by atoms with Gasteiger partial charge in [0.1, 0.15) is 5.75 Å². The van der Waals surface area contributed by atoms with Gasteiger partial charge in [0.05, 0.1) is 13.2 Å². The average Bonchev–Trinajstić information content (AvgIpc) is 2.80. The van der Waals surface area contributed by atoms with Gasteiger partial charge in [0.25, 0.3) is 0 Å². The highest BCUT2D eigenvalue weighted by Crippen LogP contribution is 2.26. The molecular formula is C26H41N3O2. The Morgan fingerprint density at radius 2 is 2.03 bits per heavy atom. The molecule has 0 radical (unpaired) electrons. The number of ether oxygens (including phenoxy) is 1. The molecule has 1 saturated heterocycles. The van der Waals surface area contributed by atoms with E-state index in [1.165, 1.54) is 32.4 Å². The summed E-state index contributed by atoms with van der Waals surface area (Å²) in [5.41, 5.74) is 2.08. The van der Waals surface area contributed by atoms with Crippen LogP contribution in [0.4, 0.5) is 5.69 Å². The second-order valence-corrected chi connectivity index (χ2v) is 8.28. The highest BCUT2D eigenvalue weighted by Gasteiger charge is 2.15. The maximum atomic E-state index is 12.7. The number of aryl methyl sites for hydroxylation is 1. The van der Waals surface area contributed by atoms with Gasteiger partial charge in [0, 0.05) is 25.3 Å². The first kappa shape index (κ1) is 25.2. The van der Waals surface area contributed by atoms with Gasteiger partial charge in [-0.1, -0.05) is 37.6 Å². The number of likely N-dealkylation sites (N-methyl/N-ethyl adjacent to an activating group) is 1. The highest BCUT2D eigenvalue weighted by atomic mass is 16.5. The molecule has 0 spiro atoms. The van der Waals surface area contributed by atoms with Crippen molar-refractivity contribution in [2.75, 3.05) is 44.7 Å². The Bertz CT molecular complexity index is 723. The molecule has 1 fully saturated rings. The van der Waals surface area contributed by atoms with Crippen molar-refractivity contribution in [3.05, 3.63) is 48.1 Å². The quantitative estimate of drug-likeness (QED) is 0.392. The molecule has 1 aliphatic rings. The standard InChI is InChI=1S/C26H41N3O2/c1-5-7-9-13-22(3)27-21-26(30)28(4)25-15-14-24(20-23(25)6-2)31-19-12-18-29-16-10-8-11-17-29/h5,7,9,13-15,20,22,27H,6,8,10-12,16-19,21H2,1-4H3/b7-5-,13-9-. The second-order valence-electron chi connectivity index (χ2n) is 8.28. The molecule has 1 amide bonds. The fraction of sp³-hybridized carbons (Fsp3) is 0.577. The van der Waals surface area contributed by atoms with Gasteiger partial charge < -0.3 is 19.9 Å². The largest absolute Gasteiger partial charge is 0.494 e. The zero-order chi connectivity index (χ0) is 22.5. The van der Waals surface area contributed by atoms with Crippen molar-refractivity contribution in [1.29, 1.82) is 0 Å². The van der Waals surface area contributed by atoms with E-state index in [1.54, 1.807) is 4.90 Å². The molecule has 1 heterocycles. The van der Waals surface area contributed by atoms with Crippen molar-refractivity contribution in [3.63, 3.8) is 0 Å². The highest BCUT2D eigenvalue weighted by molar-refractivity contribution is 5.95. The summed E-state index contributed by atoms with van der Waals surface area (Å²) in [6.07, 6.45) is 13.9. The van der Waals surface area contributed by atoms with Crippen LogP contribution >= 0.6 is 0 Å². The summed E-state index contributed by atoms with van der Waals surface area (Å²) in [5, 5.41) is 3.26. The summed E-state index contributed by atoms with van der Waals surface area (Å²) in [6, 6.07) is 6.21. The van der Waals surface area contributed by atoms with Gasteiger partial charge in [-0.2, -0.15) is 0 Å². The van der Waals surface area contributed by atoms with Crippen LogP contribution in [0.25, 0.3) is 0 Å². The molecule has 1 aromatic rings. The van der Waals surface area contributed by atoms with E-state index in [1.807, 2.05) is 57.3 Å². The van der Waals surface area contributed by atoms with Crippen LogP contribution in [0.2, 0.25) is 0 Å². The van der Waals surface area contributed by atoms with Crippen LogP contribution in [0, 0.1) is 0 Å². The van der Waals surface area contributed by atoms with E-state index < -0.39 is 0 Å². The third-order valence-electron chi connectivity index (χ3n) is 5.78. The molecule has 172 valence electrons. The van der Waals surface area contributed by atoms with Crippen molar-refractivity contribution in [3.8, 4) is 5.75 Å². The van der Waals surface area contributed by atoms with Gasteiger partial charge in [-0.15, -0.1) is 0 Å². The molecule has 0 bridgehead atoms. The Morgan fingerprint density at radius 3 is 2.74 bits per heavy atom. The van der Waals surface area contributed by atoms with E-state index in [2.05, 4.69) is 23.2 Å². The second kappa shape index (κ2) is 14.0. The number of carbonyl (C=O) groups is 1. The first-order chi connectivity index (χ1) is 15.0. The molecule has 0 saturated carbocycles. The number of benzene rings is 1. The molecule has 1 aliphatic heterocycles. The number of anilines is 1. The van der Waals surface area contributed by atoms with Gasteiger partial charge in [-0.05, 0) is 76.4 Å². The van der Waals surface area contributed by atoms with E-state index >= 15 is 0 Å². The summed E-state index contributed by atoms with van der Waals surface area (Å²) in [5.74, 6) is 0.942. The molecule has 1 unspecified atom stereocenters. The molecule has 0 aliphatic carbocycles. The number of piperidine rings is 1. The Hall–Kier alpha value is -2.11. The number of nitrogens with one attached hydrogen (secondary N) is 1. The molecule has 5 heteroatoms. The fourth-order valence-corrected chi connectivity index (χ4v) is 3.83. The number of hydrogen-bond donors (Lipinski definition) is 1. The number of rotatable bonds is 12. The van der Waals surface area contributed by atoms with Crippen molar-refractivity contribution < 1.29 is 9.53 Å². The van der Waals surface area contributed by atoms with Crippen molar-refractivity contribution in [1.82, 2.24) is 10.2 Å². The minimum atomic E-state index is 0.0520. The maximum Gasteiger partial charge on any atom is 0.240 e. The molecule has 1 aromatic carbocycles. The third-order valence-corrected chi connectivity index (χ3v) is 5.78. The Kier molecular flexibility index (Phi) is 11.4. The first-order valence-electron chi connectivity index (χ1n) is 11.8. The van der Waals surface area contributed by atoms with Crippen molar-refractivity contribution >= 4 is 11.6 Å². The molecule has 1 N–H and O–H groups in total. The number of amides is 1. The zero-order valence-electron chi connectivity index (χ0n) is 19.9. The lowest BCUT2D eigenvalue weighted by molar-refractivity contribution is -0.117. The van der Waals surface area contributed by atoms with Crippen LogP contribution in [-0.2, 0) is 11.2 Å². The molecule has 2 rings (SSSR count). The number of allylic oxidation sites excluding steroid dienone is 3. The summed E-state index contributed by atoms with van der Waals surface area (Å²) >= 11 is 0. The van der Waals surface area contributed by atoms with Crippen LogP contribution < -0.4 is 15.0 Å². The van der Waals surface area contributed by atoms with E-state index in [4.69, 9.17) is 4.74 Å². The lowest BCUT2D eigenvalue weighted by Crippen LogP contribution is -2.38. The van der Waals surface area contributed by atoms with Gasteiger partial charge in [-0.3, -0.25) is 4.79 Å². The van der Waals surface area contributed by atoms with E-state index in [0.717, 1.165) is 43.0 Å². The molecular weight excluding hydrogens is 386 g/mol. The monoisotopic (exact) mass is 427 g/mol. The number of hydrogen-bond acceptors (Lipinski definition) is 4. The minimum Gasteiger partial charge on any atom is -0.494 e. The zero-order valence-corrected chi connectivity index (χ0v) is 19.9. The van der Waals surface area contributed by atoms with Crippen molar-refractivity contribution in [2.24, 2.45) is 0 Å². The van der Waals surface area contributed by atoms with Gasteiger partial charge in [0.15, 0.2) is 0 Å². The number of carbonyl (C=O) groups excluding carboxylic acids is 1. The average molecular weight is 428 g/mol. The van der Waals surface area contributed by atoms with Gasteiger partial charge in [0.2, 0.25) is 5.91 Å². The molecule has 0 aromatic heterocycles. The smallest absolute Gasteiger partial charge is 0.240 e. The summed E-state index contributed by atoms with van der Waals surface area (Å²) in [4.78, 5) is 17.0. The van der Waals surface area contributed by atoms with Crippen LogP contribution in [0.1, 0.15) is 52.0 Å². The predicted molar refractivity (Wildman–Crippen MR) is 131 cm³/mol. The molecule has 31 heavy (non-hydrogen) atoms. The van der Waals surface area contributed by atoms with Crippen molar-refractivity contribution in [2.45, 2.75) is 58.9 Å². The topological polar surface area (TPSA) is 44.8 Å². The number of nitrogens with zero attached hydrogens (tertiary/aromatic N) is 2. The summed E-state index contributed by atoms with van der Waals surface area (Å²) < 4.78 is 6.00. The van der Waals surface area contributed by atoms with E-state index in [0.29, 0.717) is 6.54 Å². The molecule has 5 nitrogen and oxygen atoms in total. The third kappa shape index (κ3) is 8.88. The Morgan fingerprint density at radius 1 is 1.26 bits per heavy atom. The van der Waals surface area contributed by atoms with Gasteiger partial charge >= 0.3 is 0 Å². The van der Waals surface area contributed by atoms with Crippen LogP contribution in [0.3, 0.4) is 0 Å². The number of likely N-dealkylation sites (tertiary alicyclic amines) is 1. The predicted octanol–water partition coefficient (Wildman–Crippen LogP) is 4.58. The minimum absolute atomic E-state index is 0.0520. The van der Waals surface area contributed by atoms with Crippen LogP contribution in [0.5, 0.6) is 5.75 Å². The summed E-state index contributed by atoms with van der Waals surface area (Å²) in [6.45, 7) is 10.8. The van der Waals surface area contributed by atoms with E-state index in [-0.39, 0.29) is 11.9 Å². The first-order valence-corrected chi connectivity index (χ1v) is 11.8. The Labute approximate surface area is 189 Å². The fourth-order valence-electron chi connectivity index (χ4n) is 3.83. The lowest BCUT2D eigenvalue weighted by Gasteiger charge is -2.26. The normalized spacial score (nSPS) is 16.1. The lowest BCUT2D eigenvalue weighted by atomic mass is 10.1. The maximum absolute atomic E-state index is 12.7.